The number of nitrogen functional groups attached to an aromatic ring is 2. The van der Waals surface area contributed by atoms with Crippen LogP contribution in [0, 0.1) is 11.3 Å². The second kappa shape index (κ2) is 4.63. The molecular weight excluding hydrogens is 262 g/mol. The Balaban J connectivity index is 2.78. The van der Waals surface area contributed by atoms with Gasteiger partial charge in [0.25, 0.3) is 0 Å². The van der Waals surface area contributed by atoms with Gasteiger partial charge >= 0.3 is 0 Å². The van der Waals surface area contributed by atoms with Crippen molar-refractivity contribution in [2.45, 2.75) is 9.79 Å². The van der Waals surface area contributed by atoms with E-state index in [1.165, 1.54) is 24.3 Å². The lowest BCUT2D eigenvalue weighted by molar-refractivity contribution is 0.596. The van der Waals surface area contributed by atoms with Crippen LogP contribution in [0.15, 0.2) is 52.3 Å². The highest BCUT2D eigenvalue weighted by atomic mass is 32.2. The third-order valence-corrected chi connectivity index (χ3v) is 4.59. The monoisotopic (exact) mass is 273 g/mol. The van der Waals surface area contributed by atoms with Crippen LogP contribution in [0.4, 0.5) is 11.4 Å². The van der Waals surface area contributed by atoms with Gasteiger partial charge in [-0.15, -0.1) is 0 Å². The van der Waals surface area contributed by atoms with Crippen LogP contribution < -0.4 is 11.5 Å². The minimum Gasteiger partial charge on any atom is -0.398 e. The van der Waals surface area contributed by atoms with Crippen molar-refractivity contribution in [2.24, 2.45) is 0 Å². The predicted octanol–water partition coefficient (Wildman–Crippen LogP) is 1.56. The van der Waals surface area contributed by atoms with E-state index in [4.69, 9.17) is 16.7 Å². The Kier molecular flexibility index (Phi) is 3.15. The molecule has 0 bridgehead atoms. The molecule has 0 aromatic heterocycles. The number of nitrogens with zero attached hydrogens (tertiary/aromatic N) is 1. The minimum absolute atomic E-state index is 0.0603. The van der Waals surface area contributed by atoms with Gasteiger partial charge in [-0.3, -0.25) is 0 Å². The van der Waals surface area contributed by atoms with Gasteiger partial charge < -0.3 is 11.5 Å². The maximum Gasteiger partial charge on any atom is 0.211 e. The van der Waals surface area contributed by atoms with E-state index in [9.17, 15) is 8.42 Å². The summed E-state index contributed by atoms with van der Waals surface area (Å²) in [6.45, 7) is 0. The van der Waals surface area contributed by atoms with Crippen molar-refractivity contribution in [3.63, 3.8) is 0 Å². The highest BCUT2D eigenvalue weighted by molar-refractivity contribution is 7.91. The first-order valence-corrected chi connectivity index (χ1v) is 6.85. The van der Waals surface area contributed by atoms with Crippen molar-refractivity contribution in [2.75, 3.05) is 11.5 Å². The van der Waals surface area contributed by atoms with Crippen LogP contribution in [0.3, 0.4) is 0 Å². The Morgan fingerprint density at radius 3 is 2.11 bits per heavy atom. The molecule has 0 heterocycles. The highest BCUT2D eigenvalue weighted by Crippen LogP contribution is 2.32. The second-order valence-electron chi connectivity index (χ2n) is 3.88. The maximum atomic E-state index is 12.5. The van der Waals surface area contributed by atoms with Crippen molar-refractivity contribution in [1.29, 1.82) is 5.26 Å². The molecule has 0 spiro atoms. The van der Waals surface area contributed by atoms with Gasteiger partial charge in [-0.05, 0) is 24.3 Å². The first-order valence-electron chi connectivity index (χ1n) is 5.36. The van der Waals surface area contributed by atoms with E-state index in [0.29, 0.717) is 0 Å². The molecule has 0 aliphatic heterocycles. The van der Waals surface area contributed by atoms with E-state index in [2.05, 4.69) is 0 Å². The molecule has 0 aliphatic rings. The van der Waals surface area contributed by atoms with Crippen LogP contribution in [0.1, 0.15) is 5.56 Å². The molecule has 5 nitrogen and oxygen atoms in total. The molecule has 0 saturated carbocycles. The third kappa shape index (κ3) is 2.11. The van der Waals surface area contributed by atoms with Crippen molar-refractivity contribution < 1.29 is 8.42 Å². The first-order chi connectivity index (χ1) is 8.98. The topological polar surface area (TPSA) is 110 Å². The van der Waals surface area contributed by atoms with E-state index >= 15 is 0 Å². The van der Waals surface area contributed by atoms with Crippen LogP contribution in [-0.2, 0) is 9.84 Å². The standard InChI is InChI=1S/C13H11N3O2S/c14-8-9-4-1-2-7-12(9)19(17,18)13-10(15)5-3-6-11(13)16/h1-7H,15-16H2. The molecular formula is C13H11N3O2S. The Hall–Kier alpha value is -2.52. The Labute approximate surface area is 111 Å². The average molecular weight is 273 g/mol. The van der Waals surface area contributed by atoms with Crippen molar-refractivity contribution in [3.05, 3.63) is 48.0 Å². The molecule has 6 heteroatoms. The van der Waals surface area contributed by atoms with Gasteiger partial charge in [0, 0.05) is 0 Å². The third-order valence-electron chi connectivity index (χ3n) is 2.64. The Morgan fingerprint density at radius 1 is 0.947 bits per heavy atom. The summed E-state index contributed by atoms with van der Waals surface area (Å²) in [7, 11) is -3.92. The molecule has 0 fully saturated rings. The Morgan fingerprint density at radius 2 is 1.53 bits per heavy atom. The molecule has 19 heavy (non-hydrogen) atoms. The number of anilines is 2. The van der Waals surface area contributed by atoms with Gasteiger partial charge in [0.2, 0.25) is 9.84 Å². The molecule has 0 atom stereocenters. The number of benzene rings is 2. The van der Waals surface area contributed by atoms with Crippen LogP contribution >= 0.6 is 0 Å². The van der Waals surface area contributed by atoms with Crippen LogP contribution in [-0.4, -0.2) is 8.42 Å². The molecule has 0 radical (unpaired) electrons. The van der Waals surface area contributed by atoms with E-state index in [1.807, 2.05) is 6.07 Å². The summed E-state index contributed by atoms with van der Waals surface area (Å²) in [4.78, 5) is -0.250. The fourth-order valence-corrected chi connectivity index (χ4v) is 3.42. The normalized spacial score (nSPS) is 10.9. The summed E-state index contributed by atoms with van der Waals surface area (Å²) >= 11 is 0. The zero-order chi connectivity index (χ0) is 14.0. The smallest absolute Gasteiger partial charge is 0.211 e. The predicted molar refractivity (Wildman–Crippen MR) is 71.9 cm³/mol. The number of sulfone groups is 1. The van der Waals surface area contributed by atoms with E-state index < -0.39 is 9.84 Å². The zero-order valence-electron chi connectivity index (χ0n) is 9.87. The quantitative estimate of drug-likeness (QED) is 0.807. The van der Waals surface area contributed by atoms with Gasteiger partial charge in [0.1, 0.15) is 11.0 Å². The van der Waals surface area contributed by atoms with Gasteiger partial charge in [0.15, 0.2) is 0 Å². The SMILES string of the molecule is N#Cc1ccccc1S(=O)(=O)c1c(N)cccc1N. The lowest BCUT2D eigenvalue weighted by Crippen LogP contribution is -2.10. The Bertz CT molecular complexity index is 756. The molecule has 0 saturated heterocycles. The summed E-state index contributed by atoms with van der Waals surface area (Å²) in [5.41, 5.74) is 11.6. The van der Waals surface area contributed by atoms with Crippen molar-refractivity contribution in [1.82, 2.24) is 0 Å². The fraction of sp³-hybridized carbons (Fsp3) is 0. The second-order valence-corrected chi connectivity index (χ2v) is 5.73. The molecule has 4 N–H and O–H groups in total. The lowest BCUT2D eigenvalue weighted by atomic mass is 10.2. The van der Waals surface area contributed by atoms with Gasteiger partial charge in [0.05, 0.1) is 21.8 Å². The molecule has 0 aliphatic carbocycles. The number of hydrogen-bond acceptors (Lipinski definition) is 5. The largest absolute Gasteiger partial charge is 0.398 e. The number of hydrogen-bond donors (Lipinski definition) is 2. The summed E-state index contributed by atoms with van der Waals surface area (Å²) in [6.07, 6.45) is 0. The van der Waals surface area contributed by atoms with Crippen LogP contribution in [0.2, 0.25) is 0 Å². The fourth-order valence-electron chi connectivity index (χ4n) is 1.79. The molecule has 2 aromatic carbocycles. The zero-order valence-corrected chi connectivity index (χ0v) is 10.7. The van der Waals surface area contributed by atoms with E-state index in [-0.39, 0.29) is 26.7 Å². The first kappa shape index (κ1) is 12.9. The summed E-state index contributed by atoms with van der Waals surface area (Å²) < 4.78 is 25.1. The molecule has 0 unspecified atom stereocenters. The molecule has 96 valence electrons. The van der Waals surface area contributed by atoms with E-state index in [0.717, 1.165) is 0 Å². The summed E-state index contributed by atoms with van der Waals surface area (Å²) in [6, 6.07) is 12.3. The van der Waals surface area contributed by atoms with Crippen LogP contribution in [0.5, 0.6) is 0 Å². The maximum absolute atomic E-state index is 12.5. The minimum atomic E-state index is -3.92. The lowest BCUT2D eigenvalue weighted by Gasteiger charge is -2.11. The number of nitriles is 1. The number of nitrogens with two attached hydrogens (primary N) is 2. The van der Waals surface area contributed by atoms with Crippen molar-refractivity contribution in [3.8, 4) is 6.07 Å². The molecule has 0 amide bonds. The van der Waals surface area contributed by atoms with Gasteiger partial charge in [-0.25, -0.2) is 8.42 Å². The summed E-state index contributed by atoms with van der Waals surface area (Å²) in [5.74, 6) is 0. The number of rotatable bonds is 2. The molecule has 2 aromatic rings. The van der Waals surface area contributed by atoms with E-state index in [1.54, 1.807) is 18.2 Å². The highest BCUT2D eigenvalue weighted by Gasteiger charge is 2.25. The van der Waals surface area contributed by atoms with Crippen molar-refractivity contribution >= 4 is 21.2 Å². The molecule has 2 rings (SSSR count). The average Bonchev–Trinajstić information content (AvgIpc) is 2.38. The summed E-state index contributed by atoms with van der Waals surface area (Å²) in [5, 5.41) is 8.99. The van der Waals surface area contributed by atoms with Gasteiger partial charge in [-0.2, -0.15) is 5.26 Å². The van der Waals surface area contributed by atoms with Gasteiger partial charge in [-0.1, -0.05) is 18.2 Å². The van der Waals surface area contributed by atoms with Crippen LogP contribution in [0.25, 0.3) is 0 Å².